The van der Waals surface area contributed by atoms with Crippen LogP contribution in [0.25, 0.3) is 10.9 Å². The number of sulfone groups is 1. The summed E-state index contributed by atoms with van der Waals surface area (Å²) in [6.07, 6.45) is 0. The fourth-order valence-electron chi connectivity index (χ4n) is 4.03. The van der Waals surface area contributed by atoms with Crippen LogP contribution in [0.4, 0.5) is 15.9 Å². The van der Waals surface area contributed by atoms with Gasteiger partial charge in [-0.1, -0.05) is 11.6 Å². The van der Waals surface area contributed by atoms with Crippen molar-refractivity contribution in [1.82, 2.24) is 4.98 Å². The summed E-state index contributed by atoms with van der Waals surface area (Å²) in [5.74, 6) is 0.0311. The summed E-state index contributed by atoms with van der Waals surface area (Å²) in [7, 11) is -3.52. The molecule has 2 aliphatic rings. The van der Waals surface area contributed by atoms with Crippen molar-refractivity contribution in [3.05, 3.63) is 58.9 Å². The molecule has 3 N–H and O–H groups in total. The second kappa shape index (κ2) is 7.84. The number of fused-ring (bicyclic) bond motifs is 2. The van der Waals surface area contributed by atoms with E-state index < -0.39 is 21.2 Å². The van der Waals surface area contributed by atoms with E-state index in [-0.39, 0.29) is 23.7 Å². The number of nitrogens with two attached hydrogens (primary N) is 1. The van der Waals surface area contributed by atoms with Crippen molar-refractivity contribution < 1.29 is 17.5 Å². The van der Waals surface area contributed by atoms with Crippen molar-refractivity contribution >= 4 is 43.8 Å². The predicted molar refractivity (Wildman–Crippen MR) is 122 cm³/mol. The van der Waals surface area contributed by atoms with Crippen LogP contribution in [0.15, 0.2) is 47.4 Å². The zero-order valence-electron chi connectivity index (χ0n) is 17.1. The van der Waals surface area contributed by atoms with E-state index in [2.05, 4.69) is 5.32 Å². The molecule has 2 aliphatic heterocycles. The number of nitrogens with one attached hydrogen (secondary N) is 1. The number of hydrogen-bond donors (Lipinski definition) is 2. The molecule has 0 radical (unpaired) electrons. The minimum Gasteiger partial charge on any atom is -0.382 e. The van der Waals surface area contributed by atoms with Crippen LogP contribution in [0.2, 0.25) is 5.02 Å². The van der Waals surface area contributed by atoms with Gasteiger partial charge in [-0.2, -0.15) is 0 Å². The summed E-state index contributed by atoms with van der Waals surface area (Å²) in [5.41, 5.74) is 7.75. The summed E-state index contributed by atoms with van der Waals surface area (Å²) in [6, 6.07) is 11.1. The molecule has 0 atom stereocenters. The van der Waals surface area contributed by atoms with Gasteiger partial charge in [0.25, 0.3) is 0 Å². The molecular formula is C22H22ClFN4O3S. The van der Waals surface area contributed by atoms with Crippen LogP contribution in [0.3, 0.4) is 0 Å². The topological polar surface area (TPSA) is 97.6 Å². The minimum absolute atomic E-state index is 0.0853. The highest BCUT2D eigenvalue weighted by Crippen LogP contribution is 2.32. The normalized spacial score (nSPS) is 19.2. The Morgan fingerprint density at radius 3 is 2.78 bits per heavy atom. The first kappa shape index (κ1) is 21.4. The van der Waals surface area contributed by atoms with Crippen LogP contribution >= 0.6 is 11.6 Å². The number of rotatable bonds is 4. The van der Waals surface area contributed by atoms with Crippen molar-refractivity contribution in [3.8, 4) is 0 Å². The summed E-state index contributed by atoms with van der Waals surface area (Å²) >= 11 is 6.22. The van der Waals surface area contributed by atoms with E-state index in [9.17, 15) is 12.8 Å². The number of anilines is 2. The number of aromatic nitrogens is 1. The maximum Gasteiger partial charge on any atom is 0.180 e. The third-order valence-corrected chi connectivity index (χ3v) is 7.86. The van der Waals surface area contributed by atoms with E-state index >= 15 is 0 Å². The Bertz CT molecular complexity index is 1310. The molecule has 2 aromatic carbocycles. The number of benzene rings is 2. The third-order valence-electron chi connectivity index (χ3n) is 5.84. The van der Waals surface area contributed by atoms with E-state index in [0.717, 1.165) is 11.1 Å². The first-order valence-corrected chi connectivity index (χ1v) is 12.2. The Morgan fingerprint density at radius 2 is 2.03 bits per heavy atom. The number of nitrogens with zero attached hydrogens (tertiary/aromatic N) is 2. The SMILES string of the molecule is NC1(CNc2cc(N3CCS(=O)(=O)c4ccc(F)cc4C3)nc3ccc(Cl)cc23)COC1. The second-order valence-corrected chi connectivity index (χ2v) is 10.9. The summed E-state index contributed by atoms with van der Waals surface area (Å²) in [5, 5.41) is 4.80. The first-order valence-electron chi connectivity index (χ1n) is 10.2. The van der Waals surface area contributed by atoms with Crippen LogP contribution in [0, 0.1) is 5.82 Å². The predicted octanol–water partition coefficient (Wildman–Crippen LogP) is 2.96. The van der Waals surface area contributed by atoms with Gasteiger partial charge in [0.1, 0.15) is 11.6 Å². The highest BCUT2D eigenvalue weighted by molar-refractivity contribution is 7.91. The van der Waals surface area contributed by atoms with Crippen LogP contribution < -0.4 is 16.0 Å². The minimum atomic E-state index is -3.52. The monoisotopic (exact) mass is 476 g/mol. The maximum atomic E-state index is 13.9. The van der Waals surface area contributed by atoms with Crippen LogP contribution in [0.5, 0.6) is 0 Å². The van der Waals surface area contributed by atoms with Gasteiger partial charge in [-0.05, 0) is 42.0 Å². The Kier molecular flexibility index (Phi) is 5.24. The molecule has 32 heavy (non-hydrogen) atoms. The largest absolute Gasteiger partial charge is 0.382 e. The summed E-state index contributed by atoms with van der Waals surface area (Å²) in [4.78, 5) is 6.77. The molecule has 0 amide bonds. The Morgan fingerprint density at radius 1 is 1.22 bits per heavy atom. The maximum absolute atomic E-state index is 13.9. The van der Waals surface area contributed by atoms with Crippen LogP contribution in [-0.2, 0) is 21.1 Å². The zero-order chi connectivity index (χ0) is 22.5. The molecule has 3 aromatic rings. The van der Waals surface area contributed by atoms with Gasteiger partial charge in [0, 0.05) is 41.8 Å². The molecule has 10 heteroatoms. The summed E-state index contributed by atoms with van der Waals surface area (Å²) in [6.45, 7) is 1.91. The van der Waals surface area contributed by atoms with Gasteiger partial charge in [0.2, 0.25) is 0 Å². The lowest BCUT2D eigenvalue weighted by atomic mass is 9.99. The molecule has 0 spiro atoms. The lowest BCUT2D eigenvalue weighted by molar-refractivity contribution is -0.0461. The van der Waals surface area contributed by atoms with Crippen LogP contribution in [-0.4, -0.2) is 51.0 Å². The Balaban J connectivity index is 1.55. The molecular weight excluding hydrogens is 455 g/mol. The zero-order valence-corrected chi connectivity index (χ0v) is 18.7. The van der Waals surface area contributed by atoms with E-state index in [0.29, 0.717) is 41.7 Å². The molecule has 1 aromatic heterocycles. The lowest BCUT2D eigenvalue weighted by Gasteiger charge is -2.38. The van der Waals surface area contributed by atoms with Crippen LogP contribution in [0.1, 0.15) is 5.56 Å². The number of ether oxygens (including phenoxy) is 1. The molecule has 0 unspecified atom stereocenters. The second-order valence-electron chi connectivity index (χ2n) is 8.39. The highest BCUT2D eigenvalue weighted by Gasteiger charge is 2.34. The molecule has 1 saturated heterocycles. The molecule has 3 heterocycles. The molecule has 7 nitrogen and oxygen atoms in total. The average Bonchev–Trinajstić information content (AvgIpc) is 2.86. The average molecular weight is 477 g/mol. The van der Waals surface area contributed by atoms with E-state index in [1.807, 2.05) is 23.1 Å². The fraction of sp³-hybridized carbons (Fsp3) is 0.318. The standard InChI is InChI=1S/C22H22ClFN4O3S/c23-15-1-3-18-17(8-15)19(26-11-22(25)12-31-13-22)9-21(27-18)28-5-6-32(29,30)20-4-2-16(24)7-14(20)10-28/h1-4,7-9H,5-6,10-13,25H2,(H,26,27). The quantitative estimate of drug-likeness (QED) is 0.559. The van der Waals surface area contributed by atoms with Crippen molar-refractivity contribution in [2.24, 2.45) is 5.73 Å². The highest BCUT2D eigenvalue weighted by atomic mass is 35.5. The lowest BCUT2D eigenvalue weighted by Crippen LogP contribution is -2.61. The Labute approximate surface area is 190 Å². The number of halogens is 2. The van der Waals surface area contributed by atoms with Crippen molar-refractivity contribution in [2.45, 2.75) is 17.0 Å². The molecule has 0 saturated carbocycles. The Hall–Kier alpha value is -2.46. The molecule has 5 rings (SSSR count). The van der Waals surface area contributed by atoms with E-state index in [1.165, 1.54) is 18.2 Å². The van der Waals surface area contributed by atoms with Gasteiger partial charge in [-0.15, -0.1) is 0 Å². The third kappa shape index (κ3) is 4.01. The van der Waals surface area contributed by atoms with Crippen molar-refractivity contribution in [1.29, 1.82) is 0 Å². The molecule has 0 bridgehead atoms. The van der Waals surface area contributed by atoms with Gasteiger partial charge >= 0.3 is 0 Å². The number of pyridine rings is 1. The van der Waals surface area contributed by atoms with E-state index in [1.54, 1.807) is 6.07 Å². The summed E-state index contributed by atoms with van der Waals surface area (Å²) < 4.78 is 44.6. The molecule has 0 aliphatic carbocycles. The smallest absolute Gasteiger partial charge is 0.180 e. The first-order chi connectivity index (χ1) is 15.2. The van der Waals surface area contributed by atoms with Gasteiger partial charge in [-0.25, -0.2) is 17.8 Å². The van der Waals surface area contributed by atoms with Crippen molar-refractivity contribution in [3.63, 3.8) is 0 Å². The van der Waals surface area contributed by atoms with Gasteiger partial charge in [0.05, 0.1) is 34.9 Å². The molecule has 1 fully saturated rings. The van der Waals surface area contributed by atoms with Gasteiger partial charge in [0.15, 0.2) is 9.84 Å². The van der Waals surface area contributed by atoms with E-state index in [4.69, 9.17) is 27.1 Å². The van der Waals surface area contributed by atoms with Crippen molar-refractivity contribution in [2.75, 3.05) is 42.3 Å². The van der Waals surface area contributed by atoms with Gasteiger partial charge < -0.3 is 20.7 Å². The van der Waals surface area contributed by atoms with Gasteiger partial charge in [-0.3, -0.25) is 0 Å². The fourth-order valence-corrected chi connectivity index (χ4v) is 5.68. The molecule has 168 valence electrons. The number of hydrogen-bond acceptors (Lipinski definition) is 7.